The third kappa shape index (κ3) is 4.84. The van der Waals surface area contributed by atoms with Crippen LogP contribution in [0.2, 0.25) is 0 Å². The molecule has 2 unspecified atom stereocenters. The fourth-order valence-corrected chi connectivity index (χ4v) is 3.88. The van der Waals surface area contributed by atoms with Gasteiger partial charge in [0.1, 0.15) is 5.75 Å². The summed E-state index contributed by atoms with van der Waals surface area (Å²) in [5.74, 6) is 2.03. The van der Waals surface area contributed by atoms with E-state index >= 15 is 0 Å². The second-order valence-electron chi connectivity index (χ2n) is 7.44. The molecule has 2 atom stereocenters. The molecule has 1 amide bonds. The lowest BCUT2D eigenvalue weighted by atomic mass is 9.91. The van der Waals surface area contributed by atoms with Crippen molar-refractivity contribution in [2.24, 2.45) is 0 Å². The van der Waals surface area contributed by atoms with Gasteiger partial charge in [-0.1, -0.05) is 25.1 Å². The SMILES string of the molecule is CCC(NC(=O)C(C)Oc1cccc2c1CCCC2)c1ccc(OC)c(OC)c1. The zero-order valence-corrected chi connectivity index (χ0v) is 17.8. The second-order valence-corrected chi connectivity index (χ2v) is 7.44. The van der Waals surface area contributed by atoms with Crippen LogP contribution >= 0.6 is 0 Å². The Morgan fingerprint density at radius 2 is 1.79 bits per heavy atom. The topological polar surface area (TPSA) is 56.8 Å². The predicted molar refractivity (Wildman–Crippen MR) is 114 cm³/mol. The summed E-state index contributed by atoms with van der Waals surface area (Å²) in [7, 11) is 3.22. The van der Waals surface area contributed by atoms with Crippen molar-refractivity contribution >= 4 is 5.91 Å². The standard InChI is InChI=1S/C24H31NO4/c1-5-20(18-13-14-22(27-3)23(15-18)28-4)25-24(26)16(2)29-21-12-8-10-17-9-6-7-11-19(17)21/h8,10,12-16,20H,5-7,9,11H2,1-4H3,(H,25,26). The monoisotopic (exact) mass is 397 g/mol. The number of fused-ring (bicyclic) bond motifs is 1. The number of carbonyl (C=O) groups excluding carboxylic acids is 1. The molecule has 0 aliphatic heterocycles. The molecule has 0 saturated heterocycles. The van der Waals surface area contributed by atoms with E-state index in [4.69, 9.17) is 14.2 Å². The van der Waals surface area contributed by atoms with Crippen LogP contribution in [0.4, 0.5) is 0 Å². The van der Waals surface area contributed by atoms with Gasteiger partial charge in [-0.15, -0.1) is 0 Å². The number of rotatable bonds is 8. The highest BCUT2D eigenvalue weighted by molar-refractivity contribution is 5.81. The molecule has 1 N–H and O–H groups in total. The van der Waals surface area contributed by atoms with Crippen LogP contribution in [-0.4, -0.2) is 26.2 Å². The van der Waals surface area contributed by atoms with Crippen LogP contribution in [0, 0.1) is 0 Å². The molecule has 0 bridgehead atoms. The molecule has 156 valence electrons. The van der Waals surface area contributed by atoms with Crippen LogP contribution in [0.1, 0.15) is 55.8 Å². The molecule has 29 heavy (non-hydrogen) atoms. The molecule has 0 spiro atoms. The van der Waals surface area contributed by atoms with Crippen molar-refractivity contribution in [3.05, 3.63) is 53.1 Å². The van der Waals surface area contributed by atoms with Gasteiger partial charge in [0.25, 0.3) is 5.91 Å². The minimum absolute atomic E-state index is 0.125. The fourth-order valence-electron chi connectivity index (χ4n) is 3.88. The third-order valence-electron chi connectivity index (χ3n) is 5.56. The van der Waals surface area contributed by atoms with Crippen LogP contribution in [0.15, 0.2) is 36.4 Å². The van der Waals surface area contributed by atoms with Gasteiger partial charge >= 0.3 is 0 Å². The molecule has 0 heterocycles. The summed E-state index contributed by atoms with van der Waals surface area (Å²) in [6.07, 6.45) is 4.68. The van der Waals surface area contributed by atoms with Crippen molar-refractivity contribution < 1.29 is 19.0 Å². The van der Waals surface area contributed by atoms with Crippen LogP contribution in [0.3, 0.4) is 0 Å². The van der Waals surface area contributed by atoms with Crippen LogP contribution in [0.25, 0.3) is 0 Å². The Labute approximate surface area is 173 Å². The number of aryl methyl sites for hydroxylation is 1. The Kier molecular flexibility index (Phi) is 7.02. The molecule has 5 heteroatoms. The van der Waals surface area contributed by atoms with Crippen molar-refractivity contribution in [2.75, 3.05) is 14.2 Å². The summed E-state index contributed by atoms with van der Waals surface area (Å²) in [5, 5.41) is 3.11. The molecule has 5 nitrogen and oxygen atoms in total. The number of amides is 1. The smallest absolute Gasteiger partial charge is 0.261 e. The van der Waals surface area contributed by atoms with Crippen LogP contribution in [0.5, 0.6) is 17.2 Å². The summed E-state index contributed by atoms with van der Waals surface area (Å²) in [4.78, 5) is 12.8. The lowest BCUT2D eigenvalue weighted by Gasteiger charge is -2.24. The van der Waals surface area contributed by atoms with Gasteiger partial charge in [0.15, 0.2) is 17.6 Å². The van der Waals surface area contributed by atoms with E-state index in [0.29, 0.717) is 11.5 Å². The third-order valence-corrected chi connectivity index (χ3v) is 5.56. The van der Waals surface area contributed by atoms with E-state index in [0.717, 1.165) is 30.6 Å². The predicted octanol–water partition coefficient (Wildman–Crippen LogP) is 4.62. The summed E-state index contributed by atoms with van der Waals surface area (Å²) in [5.41, 5.74) is 3.58. The number of benzene rings is 2. The maximum absolute atomic E-state index is 12.8. The number of hydrogen-bond acceptors (Lipinski definition) is 4. The summed E-state index contributed by atoms with van der Waals surface area (Å²) in [6, 6.07) is 11.7. The lowest BCUT2D eigenvalue weighted by molar-refractivity contribution is -0.128. The zero-order valence-electron chi connectivity index (χ0n) is 17.8. The van der Waals surface area contributed by atoms with Crippen molar-refractivity contribution in [2.45, 2.75) is 58.1 Å². The minimum atomic E-state index is -0.572. The Hall–Kier alpha value is -2.69. The van der Waals surface area contributed by atoms with Crippen molar-refractivity contribution in [3.63, 3.8) is 0 Å². The Balaban J connectivity index is 1.70. The molecule has 1 aliphatic carbocycles. The average molecular weight is 398 g/mol. The quantitative estimate of drug-likeness (QED) is 0.706. The maximum atomic E-state index is 12.8. The number of hydrogen-bond donors (Lipinski definition) is 1. The molecule has 0 saturated carbocycles. The molecule has 3 rings (SSSR count). The van der Waals surface area contributed by atoms with E-state index < -0.39 is 6.10 Å². The van der Waals surface area contributed by atoms with E-state index in [1.807, 2.05) is 37.3 Å². The highest BCUT2D eigenvalue weighted by atomic mass is 16.5. The van der Waals surface area contributed by atoms with E-state index in [2.05, 4.69) is 11.4 Å². The van der Waals surface area contributed by atoms with E-state index in [1.165, 1.54) is 24.0 Å². The number of methoxy groups -OCH3 is 2. The van der Waals surface area contributed by atoms with Gasteiger partial charge in [-0.2, -0.15) is 0 Å². The van der Waals surface area contributed by atoms with Crippen LogP contribution < -0.4 is 19.5 Å². The van der Waals surface area contributed by atoms with Crippen molar-refractivity contribution in [1.82, 2.24) is 5.32 Å². The highest BCUT2D eigenvalue weighted by Crippen LogP contribution is 2.32. The average Bonchev–Trinajstić information content (AvgIpc) is 2.77. The second kappa shape index (κ2) is 9.68. The first-order valence-electron chi connectivity index (χ1n) is 10.4. The number of ether oxygens (including phenoxy) is 3. The lowest BCUT2D eigenvalue weighted by Crippen LogP contribution is -2.38. The Bertz CT molecular complexity index is 849. The molecule has 2 aromatic rings. The first kappa shape index (κ1) is 21.0. The molecular weight excluding hydrogens is 366 g/mol. The van der Waals surface area contributed by atoms with Gasteiger partial charge < -0.3 is 19.5 Å². The van der Waals surface area contributed by atoms with Gasteiger partial charge in [0, 0.05) is 0 Å². The Morgan fingerprint density at radius 3 is 2.52 bits per heavy atom. The fraction of sp³-hybridized carbons (Fsp3) is 0.458. The highest BCUT2D eigenvalue weighted by Gasteiger charge is 2.22. The normalized spacial score (nSPS) is 15.0. The van der Waals surface area contributed by atoms with Gasteiger partial charge in [0.05, 0.1) is 20.3 Å². The molecule has 0 fully saturated rings. The van der Waals surface area contributed by atoms with Gasteiger partial charge in [-0.05, 0) is 73.9 Å². The first-order valence-corrected chi connectivity index (χ1v) is 10.4. The molecular formula is C24H31NO4. The van der Waals surface area contributed by atoms with Gasteiger partial charge in [-0.25, -0.2) is 0 Å². The van der Waals surface area contributed by atoms with Crippen molar-refractivity contribution in [3.8, 4) is 17.2 Å². The zero-order chi connectivity index (χ0) is 20.8. The molecule has 2 aromatic carbocycles. The van der Waals surface area contributed by atoms with Crippen LogP contribution in [-0.2, 0) is 17.6 Å². The van der Waals surface area contributed by atoms with E-state index in [9.17, 15) is 4.79 Å². The summed E-state index contributed by atoms with van der Waals surface area (Å²) < 4.78 is 16.8. The Morgan fingerprint density at radius 1 is 1.03 bits per heavy atom. The number of carbonyl (C=O) groups is 1. The van der Waals surface area contributed by atoms with Gasteiger partial charge in [0.2, 0.25) is 0 Å². The number of nitrogens with one attached hydrogen (secondary N) is 1. The molecule has 0 radical (unpaired) electrons. The maximum Gasteiger partial charge on any atom is 0.261 e. The van der Waals surface area contributed by atoms with Gasteiger partial charge in [-0.3, -0.25) is 4.79 Å². The minimum Gasteiger partial charge on any atom is -0.493 e. The largest absolute Gasteiger partial charge is 0.493 e. The first-order chi connectivity index (χ1) is 14.1. The van der Waals surface area contributed by atoms with E-state index in [1.54, 1.807) is 21.1 Å². The van der Waals surface area contributed by atoms with E-state index in [-0.39, 0.29) is 11.9 Å². The molecule has 1 aliphatic rings. The summed E-state index contributed by atoms with van der Waals surface area (Å²) in [6.45, 7) is 3.85. The van der Waals surface area contributed by atoms with Crippen molar-refractivity contribution in [1.29, 1.82) is 0 Å². The summed E-state index contributed by atoms with van der Waals surface area (Å²) >= 11 is 0. The molecule has 0 aromatic heterocycles.